The number of pyridine rings is 1. The molecule has 1 aromatic heterocycles. The van der Waals surface area contributed by atoms with Crippen molar-refractivity contribution in [2.45, 2.75) is 6.42 Å². The molecule has 1 saturated heterocycles. The Morgan fingerprint density at radius 3 is 2.62 bits per heavy atom. The first-order valence-electron chi connectivity index (χ1n) is 7.16. The number of nitrogens with one attached hydrogen (secondary N) is 1. The maximum absolute atomic E-state index is 13.8. The van der Waals surface area contributed by atoms with Gasteiger partial charge in [0.1, 0.15) is 17.3 Å². The maximum atomic E-state index is 13.8. The van der Waals surface area contributed by atoms with E-state index >= 15 is 0 Å². The van der Waals surface area contributed by atoms with E-state index in [1.54, 1.807) is 0 Å². The van der Waals surface area contributed by atoms with Crippen LogP contribution in [0.3, 0.4) is 0 Å². The van der Waals surface area contributed by atoms with Gasteiger partial charge in [0.2, 0.25) is 11.8 Å². The van der Waals surface area contributed by atoms with Crippen LogP contribution in [0.25, 0.3) is 0 Å². The van der Waals surface area contributed by atoms with Gasteiger partial charge in [0.25, 0.3) is 0 Å². The average molecular weight is 333 g/mol. The van der Waals surface area contributed by atoms with E-state index in [1.807, 2.05) is 0 Å². The van der Waals surface area contributed by atoms with Crippen LogP contribution in [0.1, 0.15) is 6.42 Å². The number of para-hydroxylation sites is 1. The molecule has 124 valence electrons. The van der Waals surface area contributed by atoms with Crippen molar-refractivity contribution in [1.82, 2.24) is 4.98 Å². The third-order valence-corrected chi connectivity index (χ3v) is 3.73. The number of hydrogen-bond acceptors (Lipinski definition) is 4. The van der Waals surface area contributed by atoms with Gasteiger partial charge >= 0.3 is 0 Å². The molecule has 2 heterocycles. The molecule has 8 heteroatoms. The first kappa shape index (κ1) is 15.9. The minimum absolute atomic E-state index is 0.0366. The van der Waals surface area contributed by atoms with Crippen molar-refractivity contribution in [3.8, 4) is 5.75 Å². The Balaban J connectivity index is 1.77. The van der Waals surface area contributed by atoms with Crippen molar-refractivity contribution >= 4 is 23.3 Å². The van der Waals surface area contributed by atoms with Gasteiger partial charge in [0, 0.05) is 19.2 Å². The predicted octanol–water partition coefficient (Wildman–Crippen LogP) is 2.06. The first-order valence-corrected chi connectivity index (χ1v) is 7.16. The number of carbonyl (C=O) groups excluding carboxylic acids is 2. The molecule has 0 spiro atoms. The number of nitrogens with zero attached hydrogens (tertiary/aromatic N) is 2. The molecule has 0 bridgehead atoms. The second-order valence-corrected chi connectivity index (χ2v) is 5.34. The standard InChI is InChI=1S/C16H13F2N3O3/c17-10-3-1-4-11(18)14(10)21-8-9(7-13(21)23)16(24)20-15-12(22)5-2-6-19-15/h1-6,9,22H,7-8H2,(H,19,20,24). The van der Waals surface area contributed by atoms with Crippen LogP contribution in [-0.2, 0) is 9.59 Å². The number of benzene rings is 1. The van der Waals surface area contributed by atoms with Crippen LogP contribution in [0.5, 0.6) is 5.75 Å². The van der Waals surface area contributed by atoms with E-state index in [9.17, 15) is 23.5 Å². The molecule has 2 aromatic rings. The lowest BCUT2D eigenvalue weighted by molar-refractivity contribution is -0.122. The van der Waals surface area contributed by atoms with Crippen molar-refractivity contribution < 1.29 is 23.5 Å². The summed E-state index contributed by atoms with van der Waals surface area (Å²) in [6, 6.07) is 6.13. The van der Waals surface area contributed by atoms with E-state index in [0.29, 0.717) is 0 Å². The molecule has 1 aliphatic rings. The molecule has 1 fully saturated rings. The fourth-order valence-corrected chi connectivity index (χ4v) is 2.56. The fraction of sp³-hybridized carbons (Fsp3) is 0.188. The van der Waals surface area contributed by atoms with E-state index < -0.39 is 35.1 Å². The number of rotatable bonds is 3. The lowest BCUT2D eigenvalue weighted by Crippen LogP contribution is -2.29. The molecule has 0 radical (unpaired) electrons. The van der Waals surface area contributed by atoms with E-state index in [1.165, 1.54) is 24.4 Å². The van der Waals surface area contributed by atoms with E-state index in [0.717, 1.165) is 17.0 Å². The molecular weight excluding hydrogens is 320 g/mol. The number of amides is 2. The molecule has 1 atom stereocenters. The van der Waals surface area contributed by atoms with Crippen LogP contribution in [0.4, 0.5) is 20.3 Å². The summed E-state index contributed by atoms with van der Waals surface area (Å²) in [6.07, 6.45) is 1.20. The summed E-state index contributed by atoms with van der Waals surface area (Å²) >= 11 is 0. The maximum Gasteiger partial charge on any atom is 0.231 e. The van der Waals surface area contributed by atoms with Crippen molar-refractivity contribution in [3.05, 3.63) is 48.2 Å². The molecule has 3 rings (SSSR count). The summed E-state index contributed by atoms with van der Waals surface area (Å²) in [4.78, 5) is 29.0. The number of aromatic nitrogens is 1. The first-order chi connectivity index (χ1) is 11.5. The minimum Gasteiger partial charge on any atom is -0.504 e. The molecular formula is C16H13F2N3O3. The third-order valence-electron chi connectivity index (χ3n) is 3.73. The van der Waals surface area contributed by atoms with E-state index in [-0.39, 0.29) is 24.5 Å². The Kier molecular flexibility index (Phi) is 4.11. The average Bonchev–Trinajstić information content (AvgIpc) is 2.91. The van der Waals surface area contributed by atoms with Crippen LogP contribution >= 0.6 is 0 Å². The molecule has 2 N–H and O–H groups in total. The Morgan fingerprint density at radius 1 is 1.25 bits per heavy atom. The Labute approximate surface area is 135 Å². The molecule has 6 nitrogen and oxygen atoms in total. The molecule has 0 saturated carbocycles. The van der Waals surface area contributed by atoms with Crippen LogP contribution in [0, 0.1) is 17.6 Å². The van der Waals surface area contributed by atoms with E-state index in [4.69, 9.17) is 0 Å². The number of carbonyl (C=O) groups is 2. The van der Waals surface area contributed by atoms with Gasteiger partial charge < -0.3 is 15.3 Å². The quantitative estimate of drug-likeness (QED) is 0.901. The van der Waals surface area contributed by atoms with Crippen LogP contribution < -0.4 is 10.2 Å². The SMILES string of the molecule is O=C(Nc1ncccc1O)C1CC(=O)N(c2c(F)cccc2F)C1. The van der Waals surface area contributed by atoms with Crippen LogP contribution in [0.2, 0.25) is 0 Å². The highest BCUT2D eigenvalue weighted by molar-refractivity contribution is 6.03. The van der Waals surface area contributed by atoms with Gasteiger partial charge in [0.05, 0.1) is 5.92 Å². The number of hydrogen-bond donors (Lipinski definition) is 2. The lowest BCUT2D eigenvalue weighted by Gasteiger charge is -2.18. The molecule has 1 aromatic carbocycles. The van der Waals surface area contributed by atoms with Crippen molar-refractivity contribution in [3.63, 3.8) is 0 Å². The summed E-state index contributed by atoms with van der Waals surface area (Å²) in [7, 11) is 0. The van der Waals surface area contributed by atoms with Gasteiger partial charge in [-0.1, -0.05) is 6.07 Å². The van der Waals surface area contributed by atoms with Gasteiger partial charge in [-0.05, 0) is 24.3 Å². The predicted molar refractivity (Wildman–Crippen MR) is 81.3 cm³/mol. The van der Waals surface area contributed by atoms with Crippen molar-refractivity contribution in [2.24, 2.45) is 5.92 Å². The minimum atomic E-state index is -0.869. The summed E-state index contributed by atoms with van der Waals surface area (Å²) in [6.45, 7) is -0.157. The summed E-state index contributed by atoms with van der Waals surface area (Å²) in [5, 5.41) is 12.0. The second-order valence-electron chi connectivity index (χ2n) is 5.34. The van der Waals surface area contributed by atoms with Crippen LogP contribution in [-0.4, -0.2) is 28.4 Å². The number of aromatic hydroxyl groups is 1. The van der Waals surface area contributed by atoms with Gasteiger partial charge in [-0.25, -0.2) is 13.8 Å². The Morgan fingerprint density at radius 2 is 1.96 bits per heavy atom. The topological polar surface area (TPSA) is 82.5 Å². The zero-order valence-electron chi connectivity index (χ0n) is 12.4. The molecule has 1 aliphatic heterocycles. The summed E-state index contributed by atoms with van der Waals surface area (Å²) in [5.74, 6) is -3.91. The van der Waals surface area contributed by atoms with E-state index in [2.05, 4.69) is 10.3 Å². The number of halogens is 2. The third kappa shape index (κ3) is 2.90. The van der Waals surface area contributed by atoms with Gasteiger partial charge in [0.15, 0.2) is 11.6 Å². The smallest absolute Gasteiger partial charge is 0.231 e. The normalized spacial score (nSPS) is 17.2. The highest BCUT2D eigenvalue weighted by Gasteiger charge is 2.37. The van der Waals surface area contributed by atoms with Crippen molar-refractivity contribution in [1.29, 1.82) is 0 Å². The van der Waals surface area contributed by atoms with Gasteiger partial charge in [-0.3, -0.25) is 9.59 Å². The molecule has 24 heavy (non-hydrogen) atoms. The highest BCUT2D eigenvalue weighted by atomic mass is 19.1. The second kappa shape index (κ2) is 6.23. The molecule has 0 aliphatic carbocycles. The lowest BCUT2D eigenvalue weighted by atomic mass is 10.1. The summed E-state index contributed by atoms with van der Waals surface area (Å²) < 4.78 is 27.7. The molecule has 1 unspecified atom stereocenters. The molecule has 2 amide bonds. The number of anilines is 2. The van der Waals surface area contributed by atoms with Gasteiger partial charge in [-0.2, -0.15) is 0 Å². The fourth-order valence-electron chi connectivity index (χ4n) is 2.56. The van der Waals surface area contributed by atoms with Crippen molar-refractivity contribution in [2.75, 3.05) is 16.8 Å². The van der Waals surface area contributed by atoms with Gasteiger partial charge in [-0.15, -0.1) is 0 Å². The largest absolute Gasteiger partial charge is 0.504 e. The highest BCUT2D eigenvalue weighted by Crippen LogP contribution is 2.30. The Bertz CT molecular complexity index is 793. The zero-order chi connectivity index (χ0) is 17.3. The monoisotopic (exact) mass is 333 g/mol. The summed E-state index contributed by atoms with van der Waals surface area (Å²) in [5.41, 5.74) is -0.460. The van der Waals surface area contributed by atoms with Crippen LogP contribution in [0.15, 0.2) is 36.5 Å². The zero-order valence-corrected chi connectivity index (χ0v) is 12.4. The Hall–Kier alpha value is -3.03.